The second kappa shape index (κ2) is 12.3. The molecule has 1 fully saturated rings. The predicted molar refractivity (Wildman–Crippen MR) is 111 cm³/mol. The van der Waals surface area contributed by atoms with Crippen LogP contribution in [0.3, 0.4) is 0 Å². The Morgan fingerprint density at radius 1 is 1.15 bits per heavy atom. The third-order valence-corrected chi connectivity index (χ3v) is 3.51. The van der Waals surface area contributed by atoms with Gasteiger partial charge in [0, 0.05) is 6.42 Å². The Balaban J connectivity index is 0. The highest BCUT2D eigenvalue weighted by Crippen LogP contribution is 2.36. The quantitative estimate of drug-likeness (QED) is 0.0998. The monoisotopic (exact) mass is 545 g/mol. The van der Waals surface area contributed by atoms with Gasteiger partial charge in [-0.15, -0.1) is 0 Å². The molecule has 1 aliphatic heterocycles. The van der Waals surface area contributed by atoms with Gasteiger partial charge in [0.2, 0.25) is 5.28 Å². The molecule has 20 N–H and O–H groups in total. The normalized spacial score (nSPS) is 23.2. The second-order valence-corrected chi connectivity index (χ2v) is 8.32. The van der Waals surface area contributed by atoms with Crippen molar-refractivity contribution in [1.82, 2.24) is 31.8 Å². The average Bonchev–Trinajstić information content (AvgIpc) is 3.04. The molecule has 3 rings (SSSR count). The molecule has 20 nitrogen and oxygen atoms in total. The largest absolute Gasteiger partial charge is 0.466 e. The summed E-state index contributed by atoms with van der Waals surface area (Å²) in [6.07, 6.45) is -1.90. The number of ether oxygens (including phenoxy) is 1. The minimum Gasteiger partial charge on any atom is -0.382 e. The van der Waals surface area contributed by atoms with Crippen LogP contribution in [-0.4, -0.2) is 77.1 Å². The minimum absolute atomic E-state index is 0. The molecule has 1 aliphatic rings. The maximum absolute atomic E-state index is 10.1. The van der Waals surface area contributed by atoms with E-state index in [1.54, 1.807) is 0 Å². The predicted octanol–water partition coefficient (Wildman–Crippen LogP) is -3.26. The molecule has 1 unspecified atom stereocenters. The van der Waals surface area contributed by atoms with Crippen LogP contribution in [0.15, 0.2) is 6.33 Å². The topological polar surface area (TPSA) is 397 Å². The fraction of sp³-hybridized carbons (Fsp3) is 0.500. The molecule has 3 heterocycles. The van der Waals surface area contributed by atoms with Gasteiger partial charge >= 0.3 is 15.6 Å². The van der Waals surface area contributed by atoms with Gasteiger partial charge in [0.1, 0.15) is 29.8 Å². The molecule has 23 heteroatoms. The van der Waals surface area contributed by atoms with Gasteiger partial charge in [0.05, 0.1) is 6.33 Å². The lowest BCUT2D eigenvalue weighted by Gasteiger charge is -2.24. The second-order valence-electron chi connectivity index (χ2n) is 5.93. The first kappa shape index (κ1) is 33.8. The van der Waals surface area contributed by atoms with Crippen LogP contribution in [0.5, 0.6) is 0 Å². The molecule has 194 valence electrons. The van der Waals surface area contributed by atoms with E-state index in [1.165, 1.54) is 10.9 Å². The highest BCUT2D eigenvalue weighted by atomic mass is 35.5. The van der Waals surface area contributed by atoms with Gasteiger partial charge in [0.15, 0.2) is 11.5 Å². The molecule has 4 atom stereocenters. The molecular weight excluding hydrogens is 520 g/mol. The van der Waals surface area contributed by atoms with Gasteiger partial charge in [-0.3, -0.25) is 4.57 Å². The van der Waals surface area contributed by atoms with Crippen molar-refractivity contribution in [3.63, 3.8) is 0 Å². The molecule has 0 radical (unpaired) electrons. The SMILES string of the molecule is N.N.Nc1nc(Cl)nc2c1ncn2[C@H]1C[C@](N)(O)[C@@H](C(N)O)O1.O=P(O)(O)O.O=P(O)(O)O. The molecule has 0 spiro atoms. The highest BCUT2D eigenvalue weighted by molar-refractivity contribution is 7.45. The van der Waals surface area contributed by atoms with Gasteiger partial charge in [-0.1, -0.05) is 0 Å². The number of nitrogen functional groups attached to an aromatic ring is 1. The smallest absolute Gasteiger partial charge is 0.382 e. The number of fused-ring (bicyclic) bond motifs is 1. The van der Waals surface area contributed by atoms with E-state index in [9.17, 15) is 10.2 Å². The molecule has 0 amide bonds. The standard InChI is InChI=1S/C10H14ClN7O3.2H3N.2H3O4P/c11-9-16-6(12)4-8(17-9)18(2-15-4)3-1-10(14,20)5(21-3)7(13)19;;;2*1-5(2,3)4/h2-3,5,7,19-20H,1,13-14H2,(H2,12,16,17);2*1H3;2*(H3,1,2,3,4)/t3-,5-,7?,10+;;;;/m1..../s1. The first-order valence-electron chi connectivity index (χ1n) is 7.62. The molecule has 33 heavy (non-hydrogen) atoms. The summed E-state index contributed by atoms with van der Waals surface area (Å²) in [6, 6.07) is 0. The summed E-state index contributed by atoms with van der Waals surface area (Å²) in [5, 5.41) is 19.5. The van der Waals surface area contributed by atoms with Gasteiger partial charge in [-0.2, -0.15) is 9.97 Å². The Kier molecular flexibility index (Phi) is 12.6. The zero-order valence-corrected chi connectivity index (χ0v) is 19.1. The average molecular weight is 546 g/mol. The highest BCUT2D eigenvalue weighted by Gasteiger charge is 2.48. The lowest BCUT2D eigenvalue weighted by Crippen LogP contribution is -2.55. The van der Waals surface area contributed by atoms with E-state index in [4.69, 9.17) is 72.0 Å². The van der Waals surface area contributed by atoms with Crippen LogP contribution in [0.25, 0.3) is 11.2 Å². The van der Waals surface area contributed by atoms with Crippen molar-refractivity contribution in [3.8, 4) is 0 Å². The van der Waals surface area contributed by atoms with Crippen molar-refractivity contribution in [2.75, 3.05) is 5.73 Å². The third kappa shape index (κ3) is 11.5. The van der Waals surface area contributed by atoms with Crippen LogP contribution in [0, 0.1) is 0 Å². The van der Waals surface area contributed by atoms with Gasteiger partial charge < -0.3 is 73.8 Å². The molecule has 0 saturated carbocycles. The van der Waals surface area contributed by atoms with E-state index in [-0.39, 0.29) is 29.8 Å². The molecule has 0 bridgehead atoms. The number of nitrogens with two attached hydrogens (primary N) is 3. The molecule has 0 aliphatic carbocycles. The van der Waals surface area contributed by atoms with Crippen LogP contribution < -0.4 is 29.5 Å². The Morgan fingerprint density at radius 2 is 1.61 bits per heavy atom. The first-order chi connectivity index (χ1) is 13.8. The van der Waals surface area contributed by atoms with Crippen LogP contribution in [-0.2, 0) is 13.9 Å². The number of halogens is 1. The van der Waals surface area contributed by atoms with Crippen molar-refractivity contribution < 1.29 is 53.4 Å². The van der Waals surface area contributed by atoms with Crippen molar-refractivity contribution in [2.24, 2.45) is 11.5 Å². The molecular formula is C10H26ClN9O11P2. The minimum atomic E-state index is -4.64. The van der Waals surface area contributed by atoms with Crippen LogP contribution in [0.2, 0.25) is 5.28 Å². The molecule has 0 aromatic carbocycles. The number of hydrogen-bond acceptors (Lipinski definition) is 13. The van der Waals surface area contributed by atoms with Gasteiger partial charge in [0.25, 0.3) is 0 Å². The number of aliphatic hydroxyl groups is 2. The summed E-state index contributed by atoms with van der Waals surface area (Å²) < 4.78 is 24.8. The third-order valence-electron chi connectivity index (χ3n) is 3.34. The summed E-state index contributed by atoms with van der Waals surface area (Å²) in [5.41, 5.74) is 15.7. The Bertz CT molecular complexity index is 960. The molecule has 2 aromatic rings. The molecule has 1 saturated heterocycles. The van der Waals surface area contributed by atoms with E-state index < -0.39 is 39.9 Å². The number of aromatic nitrogens is 4. The van der Waals surface area contributed by atoms with E-state index >= 15 is 0 Å². The fourth-order valence-electron chi connectivity index (χ4n) is 2.39. The van der Waals surface area contributed by atoms with Crippen molar-refractivity contribution in [3.05, 3.63) is 11.6 Å². The van der Waals surface area contributed by atoms with E-state index in [0.717, 1.165) is 0 Å². The maximum Gasteiger partial charge on any atom is 0.466 e. The number of phosphoric acid groups is 2. The summed E-state index contributed by atoms with van der Waals surface area (Å²) in [7, 11) is -9.28. The Morgan fingerprint density at radius 3 is 2.00 bits per heavy atom. The zero-order valence-electron chi connectivity index (χ0n) is 16.5. The number of nitrogens with zero attached hydrogens (tertiary/aromatic N) is 4. The van der Waals surface area contributed by atoms with E-state index in [1.807, 2.05) is 0 Å². The number of anilines is 1. The summed E-state index contributed by atoms with van der Waals surface area (Å²) in [6.45, 7) is 0. The number of imidazole rings is 1. The lowest BCUT2D eigenvalue weighted by molar-refractivity contribution is -0.111. The first-order valence-corrected chi connectivity index (χ1v) is 11.1. The summed E-state index contributed by atoms with van der Waals surface area (Å²) >= 11 is 5.78. The van der Waals surface area contributed by atoms with Gasteiger partial charge in [-0.25, -0.2) is 14.1 Å². The van der Waals surface area contributed by atoms with Crippen molar-refractivity contribution in [2.45, 2.75) is 30.7 Å². The number of rotatable bonds is 2. The lowest BCUT2D eigenvalue weighted by atomic mass is 10.1. The summed E-state index contributed by atoms with van der Waals surface area (Å²) in [5.74, 6) is 0.125. The van der Waals surface area contributed by atoms with E-state index in [0.29, 0.717) is 11.2 Å². The zero-order chi connectivity index (χ0) is 24.4. The maximum atomic E-state index is 10.1. The van der Waals surface area contributed by atoms with Crippen molar-refractivity contribution >= 4 is 44.2 Å². The summed E-state index contributed by atoms with van der Waals surface area (Å²) in [4.78, 5) is 55.0. The number of hydrogen-bond donors (Lipinski definition) is 13. The molecule has 2 aromatic heterocycles. The van der Waals surface area contributed by atoms with Crippen molar-refractivity contribution in [1.29, 1.82) is 0 Å². The van der Waals surface area contributed by atoms with Crippen LogP contribution in [0.4, 0.5) is 5.82 Å². The van der Waals surface area contributed by atoms with Gasteiger partial charge in [-0.05, 0) is 11.6 Å². The van der Waals surface area contributed by atoms with Crippen LogP contribution in [0.1, 0.15) is 12.6 Å². The van der Waals surface area contributed by atoms with Crippen LogP contribution >= 0.6 is 27.2 Å². The Hall–Kier alpha value is -1.42. The van der Waals surface area contributed by atoms with E-state index in [2.05, 4.69) is 15.0 Å². The Labute approximate surface area is 189 Å². The number of aliphatic hydroxyl groups excluding tert-OH is 1. The fourth-order valence-corrected chi connectivity index (χ4v) is 2.56.